The third-order valence-electron chi connectivity index (χ3n) is 0.740. The minimum atomic E-state index is -0.784. The monoisotopic (exact) mass is 129 g/mol. The number of nitrogens with one attached hydrogen (secondary N) is 1. The van der Waals surface area contributed by atoms with Gasteiger partial charge in [-0.05, 0) is 6.08 Å². The molecular formula is C6H11NO2. The van der Waals surface area contributed by atoms with Crippen molar-refractivity contribution < 1.29 is 10.2 Å². The highest BCUT2D eigenvalue weighted by Gasteiger charge is 1.91. The van der Waals surface area contributed by atoms with Crippen LogP contribution in [0.15, 0.2) is 25.0 Å². The molecule has 0 aromatic heterocycles. The first-order valence-corrected chi connectivity index (χ1v) is 2.64. The molecular weight excluding hydrogens is 118 g/mol. The van der Waals surface area contributed by atoms with E-state index in [2.05, 4.69) is 11.9 Å². The van der Waals surface area contributed by atoms with Crippen molar-refractivity contribution in [1.82, 2.24) is 5.32 Å². The Hall–Kier alpha value is -0.800. The highest BCUT2D eigenvalue weighted by Crippen LogP contribution is 1.76. The van der Waals surface area contributed by atoms with Crippen LogP contribution >= 0.6 is 0 Å². The lowest BCUT2D eigenvalue weighted by atomic mass is 10.5. The van der Waals surface area contributed by atoms with E-state index in [0.29, 0.717) is 6.54 Å². The first-order chi connectivity index (χ1) is 4.31. The van der Waals surface area contributed by atoms with Gasteiger partial charge in [-0.1, -0.05) is 6.08 Å². The quantitative estimate of drug-likeness (QED) is 0.288. The Balaban J connectivity index is 3.25. The van der Waals surface area contributed by atoms with Gasteiger partial charge in [0.1, 0.15) is 6.23 Å². The molecule has 0 radical (unpaired) electrons. The molecule has 3 heteroatoms. The molecule has 3 N–H and O–H groups in total. The lowest BCUT2D eigenvalue weighted by Gasteiger charge is -2.03. The fourth-order valence-electron chi connectivity index (χ4n) is 0.354. The van der Waals surface area contributed by atoms with Crippen LogP contribution in [0, 0.1) is 0 Å². The van der Waals surface area contributed by atoms with Gasteiger partial charge < -0.3 is 10.2 Å². The van der Waals surface area contributed by atoms with E-state index >= 15 is 0 Å². The lowest BCUT2D eigenvalue weighted by Crippen LogP contribution is -2.26. The van der Waals surface area contributed by atoms with Crippen molar-refractivity contribution in [3.05, 3.63) is 25.0 Å². The molecule has 1 unspecified atom stereocenters. The van der Waals surface area contributed by atoms with Crippen molar-refractivity contribution >= 4 is 0 Å². The Bertz CT molecular complexity index is 101. The minimum Gasteiger partial charge on any atom is -0.516 e. The lowest BCUT2D eigenvalue weighted by molar-refractivity contribution is 0.187. The summed E-state index contributed by atoms with van der Waals surface area (Å²) < 4.78 is 0. The SMILES string of the molecule is C=CCNC(O)C=CO. The van der Waals surface area contributed by atoms with E-state index in [1.165, 1.54) is 6.08 Å². The van der Waals surface area contributed by atoms with E-state index < -0.39 is 6.23 Å². The van der Waals surface area contributed by atoms with E-state index in [-0.39, 0.29) is 0 Å². The Morgan fingerprint density at radius 3 is 2.78 bits per heavy atom. The van der Waals surface area contributed by atoms with Crippen molar-refractivity contribution in [3.8, 4) is 0 Å². The van der Waals surface area contributed by atoms with Crippen LogP contribution < -0.4 is 5.32 Å². The molecule has 0 bridgehead atoms. The summed E-state index contributed by atoms with van der Waals surface area (Å²) in [6.07, 6.45) is 2.85. The molecule has 0 fully saturated rings. The summed E-state index contributed by atoms with van der Waals surface area (Å²) in [5.74, 6) is 0. The molecule has 3 nitrogen and oxygen atoms in total. The number of aliphatic hydroxyl groups is 2. The second kappa shape index (κ2) is 5.34. The van der Waals surface area contributed by atoms with Gasteiger partial charge in [0.2, 0.25) is 0 Å². The molecule has 0 aromatic rings. The van der Waals surface area contributed by atoms with Gasteiger partial charge in [-0.2, -0.15) is 0 Å². The average Bonchev–Trinajstić information content (AvgIpc) is 1.85. The van der Waals surface area contributed by atoms with Crippen LogP contribution in [0.4, 0.5) is 0 Å². The normalized spacial score (nSPS) is 13.9. The van der Waals surface area contributed by atoms with E-state index in [4.69, 9.17) is 10.2 Å². The molecule has 1 atom stereocenters. The zero-order valence-electron chi connectivity index (χ0n) is 5.12. The number of aliphatic hydroxyl groups excluding tert-OH is 2. The van der Waals surface area contributed by atoms with Crippen molar-refractivity contribution in [3.63, 3.8) is 0 Å². The van der Waals surface area contributed by atoms with Crippen LogP contribution in [0.1, 0.15) is 0 Å². The smallest absolute Gasteiger partial charge is 0.127 e. The maximum absolute atomic E-state index is 8.77. The summed E-state index contributed by atoms with van der Waals surface area (Å²) in [6, 6.07) is 0. The largest absolute Gasteiger partial charge is 0.516 e. The topological polar surface area (TPSA) is 52.5 Å². The Morgan fingerprint density at radius 1 is 1.67 bits per heavy atom. The van der Waals surface area contributed by atoms with Crippen molar-refractivity contribution in [2.75, 3.05) is 6.54 Å². The summed E-state index contributed by atoms with van der Waals surface area (Å²) in [4.78, 5) is 0. The predicted molar refractivity (Wildman–Crippen MR) is 36.0 cm³/mol. The minimum absolute atomic E-state index is 0.519. The van der Waals surface area contributed by atoms with Gasteiger partial charge in [-0.25, -0.2) is 0 Å². The van der Waals surface area contributed by atoms with E-state index in [0.717, 1.165) is 6.26 Å². The van der Waals surface area contributed by atoms with E-state index in [1.807, 2.05) is 0 Å². The number of hydrogen-bond acceptors (Lipinski definition) is 3. The van der Waals surface area contributed by atoms with Gasteiger partial charge in [-0.3, -0.25) is 5.32 Å². The standard InChI is InChI=1S/C6H11NO2/c1-2-4-7-6(9)3-5-8/h2-3,5-9H,1,4H2. The van der Waals surface area contributed by atoms with Crippen LogP contribution in [0.3, 0.4) is 0 Å². The molecule has 0 aliphatic carbocycles. The van der Waals surface area contributed by atoms with Gasteiger partial charge in [0, 0.05) is 6.54 Å². The maximum atomic E-state index is 8.77. The summed E-state index contributed by atoms with van der Waals surface area (Å²) in [6.45, 7) is 3.95. The van der Waals surface area contributed by atoms with Gasteiger partial charge in [-0.15, -0.1) is 6.58 Å². The molecule has 0 rings (SSSR count). The average molecular weight is 129 g/mol. The highest BCUT2D eigenvalue weighted by atomic mass is 16.3. The highest BCUT2D eigenvalue weighted by molar-refractivity contribution is 4.82. The van der Waals surface area contributed by atoms with Crippen LogP contribution in [0.25, 0.3) is 0 Å². The summed E-state index contributed by atoms with van der Waals surface area (Å²) in [7, 11) is 0. The fourth-order valence-corrected chi connectivity index (χ4v) is 0.354. The molecule has 0 heterocycles. The predicted octanol–water partition coefficient (Wildman–Crippen LogP) is 0.152. The Labute approximate surface area is 54.3 Å². The summed E-state index contributed by atoms with van der Waals surface area (Å²) in [5, 5.41) is 19.5. The molecule has 0 amide bonds. The van der Waals surface area contributed by atoms with Gasteiger partial charge in [0.25, 0.3) is 0 Å². The fraction of sp³-hybridized carbons (Fsp3) is 0.333. The molecule has 0 aliphatic heterocycles. The summed E-state index contributed by atoms with van der Waals surface area (Å²) in [5.41, 5.74) is 0. The van der Waals surface area contributed by atoms with Crippen LogP contribution in [0.5, 0.6) is 0 Å². The van der Waals surface area contributed by atoms with Gasteiger partial charge in [0.15, 0.2) is 0 Å². The van der Waals surface area contributed by atoms with E-state index in [1.54, 1.807) is 6.08 Å². The second-order valence-corrected chi connectivity index (χ2v) is 1.48. The molecule has 0 saturated carbocycles. The van der Waals surface area contributed by atoms with Crippen LogP contribution in [-0.4, -0.2) is 23.0 Å². The van der Waals surface area contributed by atoms with Crippen LogP contribution in [0.2, 0.25) is 0 Å². The summed E-state index contributed by atoms with van der Waals surface area (Å²) >= 11 is 0. The molecule has 52 valence electrons. The van der Waals surface area contributed by atoms with Crippen molar-refractivity contribution in [2.24, 2.45) is 0 Å². The molecule has 0 spiro atoms. The zero-order chi connectivity index (χ0) is 7.11. The number of rotatable bonds is 4. The van der Waals surface area contributed by atoms with Crippen molar-refractivity contribution in [2.45, 2.75) is 6.23 Å². The molecule has 9 heavy (non-hydrogen) atoms. The third-order valence-corrected chi connectivity index (χ3v) is 0.740. The molecule has 0 aromatic carbocycles. The molecule has 0 saturated heterocycles. The van der Waals surface area contributed by atoms with Gasteiger partial charge >= 0.3 is 0 Å². The first kappa shape index (κ1) is 8.20. The maximum Gasteiger partial charge on any atom is 0.127 e. The first-order valence-electron chi connectivity index (χ1n) is 2.64. The molecule has 0 aliphatic rings. The second-order valence-electron chi connectivity index (χ2n) is 1.48. The van der Waals surface area contributed by atoms with Gasteiger partial charge in [0.05, 0.1) is 6.26 Å². The van der Waals surface area contributed by atoms with Crippen molar-refractivity contribution in [1.29, 1.82) is 0 Å². The third kappa shape index (κ3) is 5.06. The number of hydrogen-bond donors (Lipinski definition) is 3. The Morgan fingerprint density at radius 2 is 2.33 bits per heavy atom. The Kier molecular flexibility index (Phi) is 4.86. The zero-order valence-corrected chi connectivity index (χ0v) is 5.12. The van der Waals surface area contributed by atoms with Crippen LogP contribution in [-0.2, 0) is 0 Å². The van der Waals surface area contributed by atoms with E-state index in [9.17, 15) is 0 Å².